The van der Waals surface area contributed by atoms with E-state index in [9.17, 15) is 0 Å². The maximum absolute atomic E-state index is 4.55. The van der Waals surface area contributed by atoms with Crippen LogP contribution in [0.25, 0.3) is 11.4 Å². The van der Waals surface area contributed by atoms with E-state index >= 15 is 0 Å². The van der Waals surface area contributed by atoms with Gasteiger partial charge in [-0.3, -0.25) is 0 Å². The second kappa shape index (κ2) is 5.53. The Bertz CT molecular complexity index is 540. The Morgan fingerprint density at radius 2 is 1.84 bits per heavy atom. The Hall–Kier alpha value is -1.68. The molecule has 1 aromatic carbocycles. The minimum absolute atomic E-state index is 0.416. The van der Waals surface area contributed by atoms with Gasteiger partial charge in [-0.25, -0.2) is 9.67 Å². The van der Waals surface area contributed by atoms with Gasteiger partial charge in [0, 0.05) is 25.1 Å². The first-order valence-electron chi connectivity index (χ1n) is 6.69. The predicted octanol–water partition coefficient (Wildman–Crippen LogP) is 2.67. The molecule has 0 amide bonds. The quantitative estimate of drug-likeness (QED) is 0.845. The molecule has 0 bridgehead atoms. The Balaban J connectivity index is 2.29. The summed E-state index contributed by atoms with van der Waals surface area (Å²) in [7, 11) is 6.13. The number of hydrogen-bond donors (Lipinski definition) is 0. The molecule has 0 saturated heterocycles. The molecule has 2 aromatic rings. The molecule has 0 aliphatic heterocycles. The lowest BCUT2D eigenvalue weighted by Gasteiger charge is -2.20. The Morgan fingerprint density at radius 1 is 1.21 bits per heavy atom. The molecule has 0 aliphatic rings. The Morgan fingerprint density at radius 3 is 2.32 bits per heavy atom. The van der Waals surface area contributed by atoms with Crippen LogP contribution in [-0.2, 0) is 13.5 Å². The average molecular weight is 258 g/mol. The number of aryl methyl sites for hydroxylation is 2. The van der Waals surface area contributed by atoms with Gasteiger partial charge in [0.2, 0.25) is 0 Å². The number of nitrogens with zero attached hydrogens (tertiary/aromatic N) is 4. The van der Waals surface area contributed by atoms with Crippen LogP contribution < -0.4 is 0 Å². The molecular formula is C15H22N4. The van der Waals surface area contributed by atoms with Crippen LogP contribution in [0.5, 0.6) is 0 Å². The first kappa shape index (κ1) is 13.7. The van der Waals surface area contributed by atoms with Crippen molar-refractivity contribution in [3.63, 3.8) is 0 Å². The van der Waals surface area contributed by atoms with Gasteiger partial charge in [-0.1, -0.05) is 31.2 Å². The normalized spacial score (nSPS) is 12.9. The standard InChI is InChI=1S/C15H22N4/c1-6-14-16-15(19(5)17-14)13-9-7-12(8-10-13)11(2)18(3)4/h7-11H,6H2,1-5H3/t11-/m1/s1. The zero-order chi connectivity index (χ0) is 14.0. The van der Waals surface area contributed by atoms with Gasteiger partial charge in [0.05, 0.1) is 0 Å². The second-order valence-electron chi connectivity index (χ2n) is 5.09. The van der Waals surface area contributed by atoms with Crippen molar-refractivity contribution in [2.24, 2.45) is 7.05 Å². The summed E-state index contributed by atoms with van der Waals surface area (Å²) in [6.45, 7) is 4.27. The van der Waals surface area contributed by atoms with E-state index in [1.54, 1.807) is 0 Å². The minimum atomic E-state index is 0.416. The van der Waals surface area contributed by atoms with E-state index in [0.29, 0.717) is 6.04 Å². The van der Waals surface area contributed by atoms with Crippen molar-refractivity contribution in [1.29, 1.82) is 0 Å². The largest absolute Gasteiger partial charge is 0.303 e. The fourth-order valence-corrected chi connectivity index (χ4v) is 2.05. The minimum Gasteiger partial charge on any atom is -0.303 e. The van der Waals surface area contributed by atoms with E-state index < -0.39 is 0 Å². The third kappa shape index (κ3) is 2.84. The van der Waals surface area contributed by atoms with Crippen LogP contribution in [0.4, 0.5) is 0 Å². The maximum atomic E-state index is 4.55. The summed E-state index contributed by atoms with van der Waals surface area (Å²) in [5, 5.41) is 4.39. The lowest BCUT2D eigenvalue weighted by Crippen LogP contribution is -2.16. The Kier molecular flexibility index (Phi) is 4.00. The molecule has 19 heavy (non-hydrogen) atoms. The van der Waals surface area contributed by atoms with Crippen LogP contribution in [0.3, 0.4) is 0 Å². The van der Waals surface area contributed by atoms with Crippen LogP contribution >= 0.6 is 0 Å². The number of benzene rings is 1. The zero-order valence-corrected chi connectivity index (χ0v) is 12.4. The molecule has 0 N–H and O–H groups in total. The average Bonchev–Trinajstić information content (AvgIpc) is 2.79. The number of hydrogen-bond acceptors (Lipinski definition) is 3. The van der Waals surface area contributed by atoms with Gasteiger partial charge in [0.15, 0.2) is 11.6 Å². The third-order valence-electron chi connectivity index (χ3n) is 3.55. The van der Waals surface area contributed by atoms with Gasteiger partial charge < -0.3 is 4.90 Å². The van der Waals surface area contributed by atoms with Crippen LogP contribution in [0.15, 0.2) is 24.3 Å². The fourth-order valence-electron chi connectivity index (χ4n) is 2.05. The zero-order valence-electron chi connectivity index (χ0n) is 12.4. The maximum Gasteiger partial charge on any atom is 0.158 e. The van der Waals surface area contributed by atoms with Crippen molar-refractivity contribution in [2.45, 2.75) is 26.3 Å². The number of rotatable bonds is 4. The SMILES string of the molecule is CCc1nc(-c2ccc([C@@H](C)N(C)C)cc2)n(C)n1. The number of aromatic nitrogens is 3. The molecule has 4 nitrogen and oxygen atoms in total. The molecule has 0 fully saturated rings. The second-order valence-corrected chi connectivity index (χ2v) is 5.09. The summed E-state index contributed by atoms with van der Waals surface area (Å²) in [6, 6.07) is 9.00. The van der Waals surface area contributed by atoms with Crippen LogP contribution in [0.2, 0.25) is 0 Å². The van der Waals surface area contributed by atoms with Crippen molar-refractivity contribution in [3.8, 4) is 11.4 Å². The highest BCUT2D eigenvalue weighted by Crippen LogP contribution is 2.22. The molecule has 0 radical (unpaired) electrons. The van der Waals surface area contributed by atoms with E-state index in [4.69, 9.17) is 0 Å². The highest BCUT2D eigenvalue weighted by Gasteiger charge is 2.11. The molecule has 0 unspecified atom stereocenters. The van der Waals surface area contributed by atoms with E-state index in [2.05, 4.69) is 67.2 Å². The van der Waals surface area contributed by atoms with Crippen molar-refractivity contribution in [1.82, 2.24) is 19.7 Å². The summed E-state index contributed by atoms with van der Waals surface area (Å²) in [6.07, 6.45) is 0.865. The van der Waals surface area contributed by atoms with Gasteiger partial charge in [-0.15, -0.1) is 0 Å². The van der Waals surface area contributed by atoms with Gasteiger partial charge in [0.25, 0.3) is 0 Å². The molecule has 0 spiro atoms. The summed E-state index contributed by atoms with van der Waals surface area (Å²) in [5.74, 6) is 1.82. The topological polar surface area (TPSA) is 34.0 Å². The first-order valence-corrected chi connectivity index (χ1v) is 6.69. The highest BCUT2D eigenvalue weighted by molar-refractivity contribution is 5.55. The fraction of sp³-hybridized carbons (Fsp3) is 0.467. The van der Waals surface area contributed by atoms with Crippen LogP contribution in [0.1, 0.15) is 31.3 Å². The summed E-state index contributed by atoms with van der Waals surface area (Å²) < 4.78 is 1.85. The van der Waals surface area contributed by atoms with Crippen LogP contribution in [0, 0.1) is 0 Å². The summed E-state index contributed by atoms with van der Waals surface area (Å²) in [4.78, 5) is 6.75. The first-order chi connectivity index (χ1) is 9.02. The van der Waals surface area contributed by atoms with Crippen molar-refractivity contribution in [3.05, 3.63) is 35.7 Å². The molecule has 1 atom stereocenters. The van der Waals surface area contributed by atoms with Gasteiger partial charge >= 0.3 is 0 Å². The molecule has 2 rings (SSSR count). The van der Waals surface area contributed by atoms with Gasteiger partial charge in [-0.05, 0) is 26.6 Å². The van der Waals surface area contributed by atoms with E-state index in [1.807, 2.05) is 11.7 Å². The Labute approximate surface area is 115 Å². The molecule has 4 heteroatoms. The predicted molar refractivity (Wildman–Crippen MR) is 77.9 cm³/mol. The van der Waals surface area contributed by atoms with E-state index in [0.717, 1.165) is 23.6 Å². The highest BCUT2D eigenvalue weighted by atomic mass is 15.3. The van der Waals surface area contributed by atoms with E-state index in [1.165, 1.54) is 5.56 Å². The summed E-state index contributed by atoms with van der Waals surface area (Å²) in [5.41, 5.74) is 2.43. The molecule has 0 aliphatic carbocycles. The van der Waals surface area contributed by atoms with Crippen LogP contribution in [-0.4, -0.2) is 33.8 Å². The van der Waals surface area contributed by atoms with Crippen molar-refractivity contribution >= 4 is 0 Å². The summed E-state index contributed by atoms with van der Waals surface area (Å²) >= 11 is 0. The monoisotopic (exact) mass is 258 g/mol. The lowest BCUT2D eigenvalue weighted by atomic mass is 10.1. The van der Waals surface area contributed by atoms with E-state index in [-0.39, 0.29) is 0 Å². The van der Waals surface area contributed by atoms with Crippen molar-refractivity contribution in [2.75, 3.05) is 14.1 Å². The van der Waals surface area contributed by atoms with Crippen molar-refractivity contribution < 1.29 is 0 Å². The molecule has 0 saturated carbocycles. The third-order valence-corrected chi connectivity index (χ3v) is 3.55. The van der Waals surface area contributed by atoms with Gasteiger partial charge in [0.1, 0.15) is 0 Å². The molecule has 1 aromatic heterocycles. The lowest BCUT2D eigenvalue weighted by molar-refractivity contribution is 0.321. The molecule has 1 heterocycles. The smallest absolute Gasteiger partial charge is 0.158 e. The molecule has 102 valence electrons. The van der Waals surface area contributed by atoms with Gasteiger partial charge in [-0.2, -0.15) is 5.10 Å². The molecular weight excluding hydrogens is 236 g/mol.